The molecule has 184 valence electrons. The molecule has 4 N–H and O–H groups in total. The first kappa shape index (κ1) is 21.8. The number of benzene rings is 1. The second-order valence-corrected chi connectivity index (χ2v) is 10.8. The van der Waals surface area contributed by atoms with Gasteiger partial charge in [0.15, 0.2) is 0 Å². The maximum Gasteiger partial charge on any atom is 0.149 e. The molecule has 1 aromatic rings. The monoisotopic (exact) mass is 480 g/mol. The fourth-order valence-electron chi connectivity index (χ4n) is 6.34. The van der Waals surface area contributed by atoms with Gasteiger partial charge >= 0.3 is 0 Å². The Morgan fingerprint density at radius 2 is 2.00 bits per heavy atom. The number of fused-ring (bicyclic) bond motifs is 2. The van der Waals surface area contributed by atoms with E-state index in [0.29, 0.717) is 17.7 Å². The number of aliphatic hydroxyl groups is 1. The Balaban J connectivity index is 1.15. The lowest BCUT2D eigenvalue weighted by Gasteiger charge is -2.51. The topological polar surface area (TPSA) is 89.5 Å². The average molecular weight is 481 g/mol. The summed E-state index contributed by atoms with van der Waals surface area (Å²) in [5, 5.41) is 14.8. The highest BCUT2D eigenvalue weighted by Gasteiger charge is 2.51. The van der Waals surface area contributed by atoms with Gasteiger partial charge in [0.25, 0.3) is 0 Å². The highest BCUT2D eigenvalue weighted by molar-refractivity contribution is 6.06. The van der Waals surface area contributed by atoms with E-state index in [1.807, 2.05) is 12.3 Å². The van der Waals surface area contributed by atoms with E-state index in [1.165, 1.54) is 6.42 Å². The van der Waals surface area contributed by atoms with Crippen LogP contribution in [0.25, 0.3) is 5.70 Å². The Kier molecular flexibility index (Phi) is 5.04. The van der Waals surface area contributed by atoms with E-state index in [0.717, 1.165) is 72.8 Å². The van der Waals surface area contributed by atoms with Crippen molar-refractivity contribution < 1.29 is 5.11 Å². The molecular weight excluding hydrogens is 448 g/mol. The summed E-state index contributed by atoms with van der Waals surface area (Å²) in [6.07, 6.45) is 16.5. The molecule has 4 heterocycles. The van der Waals surface area contributed by atoms with Crippen LogP contribution in [0.1, 0.15) is 31.2 Å². The quantitative estimate of drug-likeness (QED) is 0.603. The van der Waals surface area contributed by atoms with Crippen molar-refractivity contribution in [2.75, 3.05) is 19.6 Å². The summed E-state index contributed by atoms with van der Waals surface area (Å²) in [6, 6.07) is 10.4. The van der Waals surface area contributed by atoms with Crippen LogP contribution in [0.4, 0.5) is 0 Å². The van der Waals surface area contributed by atoms with Crippen LogP contribution >= 0.6 is 0 Å². The van der Waals surface area contributed by atoms with Gasteiger partial charge in [-0.15, -0.1) is 0 Å². The van der Waals surface area contributed by atoms with Gasteiger partial charge in [-0.05, 0) is 50.4 Å². The van der Waals surface area contributed by atoms with Gasteiger partial charge in [0, 0.05) is 42.1 Å². The third-order valence-electron chi connectivity index (χ3n) is 8.33. The molecule has 0 bridgehead atoms. The standard InChI is InChI=1S/C29H32N6O/c30-27-26-25(21-8-7-20-9-10-23(32-24(20)15-21)19-5-2-1-3-6-19)33-28(35(26)14-11-31-27)22-16-29(36,17-22)18-34-12-4-13-34/h1-3,5-8,10-11,14-15,20,22,28,33,36H,4,9,12-13,16-18H2,(H2,30,31). The van der Waals surface area contributed by atoms with Crippen LogP contribution in [0.5, 0.6) is 0 Å². The number of nitrogens with one attached hydrogen (secondary N) is 1. The third kappa shape index (κ3) is 3.65. The predicted octanol–water partition coefficient (Wildman–Crippen LogP) is 3.12. The number of rotatable bonds is 5. The largest absolute Gasteiger partial charge is 0.389 e. The molecule has 7 heteroatoms. The van der Waals surface area contributed by atoms with Gasteiger partial charge in [-0.25, -0.2) is 4.99 Å². The van der Waals surface area contributed by atoms with Gasteiger partial charge in [-0.3, -0.25) is 4.99 Å². The van der Waals surface area contributed by atoms with Crippen molar-refractivity contribution >= 4 is 17.2 Å². The van der Waals surface area contributed by atoms with E-state index in [-0.39, 0.29) is 6.17 Å². The van der Waals surface area contributed by atoms with E-state index >= 15 is 0 Å². The molecule has 2 aliphatic carbocycles. The number of amidine groups is 1. The molecule has 36 heavy (non-hydrogen) atoms. The lowest BCUT2D eigenvalue weighted by atomic mass is 9.68. The fourth-order valence-corrected chi connectivity index (χ4v) is 6.34. The van der Waals surface area contributed by atoms with Gasteiger partial charge in [0.1, 0.15) is 17.7 Å². The van der Waals surface area contributed by atoms with Gasteiger partial charge in [-0.1, -0.05) is 48.6 Å². The Morgan fingerprint density at radius 1 is 1.17 bits per heavy atom. The molecule has 1 saturated heterocycles. The molecule has 0 amide bonds. The normalized spacial score (nSPS) is 32.9. The summed E-state index contributed by atoms with van der Waals surface area (Å²) >= 11 is 0. The molecule has 7 rings (SSSR count). The third-order valence-corrected chi connectivity index (χ3v) is 8.33. The smallest absolute Gasteiger partial charge is 0.149 e. The van der Waals surface area contributed by atoms with Crippen LogP contribution < -0.4 is 11.1 Å². The van der Waals surface area contributed by atoms with Crippen LogP contribution in [0.3, 0.4) is 0 Å². The zero-order chi connectivity index (χ0) is 24.3. The molecule has 4 aliphatic heterocycles. The molecular formula is C29H32N6O. The predicted molar refractivity (Wildman–Crippen MR) is 142 cm³/mol. The minimum Gasteiger partial charge on any atom is -0.389 e. The summed E-state index contributed by atoms with van der Waals surface area (Å²) in [4.78, 5) is 14.0. The zero-order valence-corrected chi connectivity index (χ0v) is 20.3. The number of β-amino-alcohol motifs (C(OH)–C–C–N with tert-alkyl or cyclic N) is 1. The van der Waals surface area contributed by atoms with Crippen molar-refractivity contribution in [3.8, 4) is 0 Å². The summed E-state index contributed by atoms with van der Waals surface area (Å²) in [6.45, 7) is 3.01. The molecule has 6 aliphatic rings. The SMILES string of the molecule is NC1=NC=CN2C1=C(C1=CC3=NC(c4ccccc4)=CCC3C=C1)NC2C1CC(O)(CN2CCC2)C1. The van der Waals surface area contributed by atoms with Crippen molar-refractivity contribution in [2.24, 2.45) is 27.6 Å². The Hall–Kier alpha value is -3.42. The van der Waals surface area contributed by atoms with Crippen LogP contribution in [0.2, 0.25) is 0 Å². The molecule has 2 fully saturated rings. The molecule has 1 aromatic carbocycles. The number of nitrogens with zero attached hydrogens (tertiary/aromatic N) is 4. The summed E-state index contributed by atoms with van der Waals surface area (Å²) < 4.78 is 0. The number of hydrogen-bond acceptors (Lipinski definition) is 7. The lowest BCUT2D eigenvalue weighted by Crippen LogP contribution is -2.60. The number of allylic oxidation sites excluding steroid dienone is 4. The second-order valence-electron chi connectivity index (χ2n) is 10.8. The second kappa shape index (κ2) is 8.32. The van der Waals surface area contributed by atoms with Crippen molar-refractivity contribution in [3.63, 3.8) is 0 Å². The summed E-state index contributed by atoms with van der Waals surface area (Å²) in [5.41, 5.74) is 12.1. The lowest BCUT2D eigenvalue weighted by molar-refractivity contribution is -0.117. The first-order chi connectivity index (χ1) is 17.6. The van der Waals surface area contributed by atoms with Crippen molar-refractivity contribution in [1.82, 2.24) is 15.1 Å². The Morgan fingerprint density at radius 3 is 2.78 bits per heavy atom. The average Bonchev–Trinajstić information content (AvgIpc) is 3.25. The van der Waals surface area contributed by atoms with Gasteiger partial charge in [0.05, 0.1) is 17.0 Å². The van der Waals surface area contributed by atoms with Crippen LogP contribution in [-0.2, 0) is 0 Å². The minimum absolute atomic E-state index is 0.0528. The number of hydrogen-bond donors (Lipinski definition) is 3. The van der Waals surface area contributed by atoms with Crippen LogP contribution in [-0.4, -0.2) is 57.9 Å². The van der Waals surface area contributed by atoms with Gasteiger partial charge in [0.2, 0.25) is 0 Å². The zero-order valence-electron chi connectivity index (χ0n) is 20.3. The molecule has 7 nitrogen and oxygen atoms in total. The molecule has 1 saturated carbocycles. The molecule has 0 aromatic heterocycles. The highest BCUT2D eigenvalue weighted by atomic mass is 16.3. The van der Waals surface area contributed by atoms with Crippen LogP contribution in [0.15, 0.2) is 94.0 Å². The van der Waals surface area contributed by atoms with Gasteiger partial charge < -0.3 is 26.0 Å². The molecule has 2 unspecified atom stereocenters. The van der Waals surface area contributed by atoms with Crippen LogP contribution in [0, 0.1) is 11.8 Å². The van der Waals surface area contributed by atoms with E-state index < -0.39 is 5.60 Å². The summed E-state index contributed by atoms with van der Waals surface area (Å²) in [7, 11) is 0. The van der Waals surface area contributed by atoms with Crippen molar-refractivity contribution in [3.05, 3.63) is 89.6 Å². The number of aliphatic imine (C=N–C) groups is 2. The number of nitrogens with two attached hydrogens (primary N) is 1. The highest BCUT2D eigenvalue weighted by Crippen LogP contribution is 2.45. The molecule has 0 spiro atoms. The Bertz CT molecular complexity index is 1290. The maximum atomic E-state index is 11.1. The first-order valence-corrected chi connectivity index (χ1v) is 13.0. The van der Waals surface area contributed by atoms with Gasteiger partial charge in [-0.2, -0.15) is 0 Å². The van der Waals surface area contributed by atoms with E-state index in [1.54, 1.807) is 6.20 Å². The van der Waals surface area contributed by atoms with E-state index in [2.05, 4.69) is 68.7 Å². The fraction of sp³-hybridized carbons (Fsp3) is 0.379. The first-order valence-electron chi connectivity index (χ1n) is 13.0. The van der Waals surface area contributed by atoms with Crippen molar-refractivity contribution in [2.45, 2.75) is 37.5 Å². The van der Waals surface area contributed by atoms with Crippen molar-refractivity contribution in [1.29, 1.82) is 0 Å². The number of likely N-dealkylation sites (tertiary alicyclic amines) is 1. The summed E-state index contributed by atoms with van der Waals surface area (Å²) in [5.74, 6) is 1.14. The minimum atomic E-state index is -0.580. The van der Waals surface area contributed by atoms with E-state index in [4.69, 9.17) is 10.7 Å². The maximum absolute atomic E-state index is 11.1. The molecule has 2 atom stereocenters. The Labute approximate surface area is 211 Å². The molecule has 0 radical (unpaired) electrons. The van der Waals surface area contributed by atoms with E-state index in [9.17, 15) is 5.11 Å².